The van der Waals surface area contributed by atoms with Crippen molar-refractivity contribution in [1.29, 1.82) is 0 Å². The fourth-order valence-corrected chi connectivity index (χ4v) is 4.62. The summed E-state index contributed by atoms with van der Waals surface area (Å²) >= 11 is 1.01. The minimum absolute atomic E-state index is 0.00182. The number of oxime groups is 1. The Morgan fingerprint density at radius 3 is 2.45 bits per heavy atom. The van der Waals surface area contributed by atoms with E-state index < -0.39 is 51.1 Å². The number of thiazole rings is 1. The number of β-lactam (4-membered cyclic amide) rings is 1. The van der Waals surface area contributed by atoms with Gasteiger partial charge in [-0.15, -0.1) is 15.6 Å². The van der Waals surface area contributed by atoms with Gasteiger partial charge in [0.1, 0.15) is 11.7 Å². The van der Waals surface area contributed by atoms with E-state index in [1.807, 2.05) is 0 Å². The van der Waals surface area contributed by atoms with Crippen LogP contribution in [0.1, 0.15) is 51.6 Å². The zero-order chi connectivity index (χ0) is 24.6. The van der Waals surface area contributed by atoms with Crippen molar-refractivity contribution in [3.8, 4) is 0 Å². The van der Waals surface area contributed by atoms with Gasteiger partial charge in [-0.25, -0.2) is 9.78 Å². The first-order chi connectivity index (χ1) is 15.3. The Balaban J connectivity index is 1.85. The van der Waals surface area contributed by atoms with Crippen molar-refractivity contribution in [2.45, 2.75) is 63.1 Å². The fraction of sp³-hybridized carbons (Fsp3) is 0.588. The van der Waals surface area contributed by atoms with Crippen molar-refractivity contribution in [2.75, 3.05) is 5.73 Å². The van der Waals surface area contributed by atoms with Crippen molar-refractivity contribution in [1.82, 2.24) is 15.4 Å². The molecule has 14 nitrogen and oxygen atoms in total. The number of carboxylic acid groups (broad SMARTS) is 1. The molecule has 1 atom stereocenters. The molecule has 2 heterocycles. The maximum absolute atomic E-state index is 13.0. The SMILES string of the molecule is CC1(C)[C@H](NC(=O)/C(=N\OC2(C(=O)O)CCCCC2)c2csc(N)n2)C(=O)N1OS(=O)(=O)O. The van der Waals surface area contributed by atoms with Crippen LogP contribution in [0, 0.1) is 0 Å². The highest BCUT2D eigenvalue weighted by molar-refractivity contribution is 7.80. The standard InChI is InChI=1S/C17H23N5O9S2/c1-16(2)11(13(24)22(16)31-33(27,28)29)20-12(23)10(9-8-32-15(18)19-9)21-30-17(14(25)26)6-4-3-5-7-17/h8,11H,3-7H2,1-2H3,(H2,18,19)(H,20,23)(H,25,26)(H,27,28,29)/b21-10-/t11-/m1/s1. The molecule has 0 spiro atoms. The molecular weight excluding hydrogens is 482 g/mol. The summed E-state index contributed by atoms with van der Waals surface area (Å²) in [5.41, 5.74) is 2.27. The molecule has 1 aromatic heterocycles. The molecule has 2 aliphatic rings. The number of rotatable bonds is 8. The van der Waals surface area contributed by atoms with E-state index in [-0.39, 0.29) is 23.7 Å². The van der Waals surface area contributed by atoms with Crippen LogP contribution in [0.3, 0.4) is 0 Å². The van der Waals surface area contributed by atoms with Crippen LogP contribution in [0.5, 0.6) is 0 Å². The van der Waals surface area contributed by atoms with Gasteiger partial charge in [0.05, 0.1) is 5.54 Å². The zero-order valence-corrected chi connectivity index (χ0v) is 19.3. The number of hydrogen-bond acceptors (Lipinski definition) is 11. The maximum Gasteiger partial charge on any atom is 0.418 e. The lowest BCUT2D eigenvalue weighted by atomic mass is 9.84. The largest absolute Gasteiger partial charge is 0.478 e. The number of carbonyl (C=O) groups excluding carboxylic acids is 2. The number of aromatic nitrogens is 1. The van der Waals surface area contributed by atoms with E-state index in [1.165, 1.54) is 19.2 Å². The highest BCUT2D eigenvalue weighted by Crippen LogP contribution is 2.34. The van der Waals surface area contributed by atoms with E-state index in [2.05, 4.69) is 19.7 Å². The first kappa shape index (κ1) is 24.8. The van der Waals surface area contributed by atoms with Crippen molar-refractivity contribution in [3.05, 3.63) is 11.1 Å². The van der Waals surface area contributed by atoms with Crippen LogP contribution in [0.4, 0.5) is 5.13 Å². The molecule has 5 N–H and O–H groups in total. The summed E-state index contributed by atoms with van der Waals surface area (Å²) in [7, 11) is -4.96. The number of nitrogens with one attached hydrogen (secondary N) is 1. The average molecular weight is 506 g/mol. The molecule has 1 aliphatic heterocycles. The second-order valence-corrected chi connectivity index (χ2v) is 10.1. The summed E-state index contributed by atoms with van der Waals surface area (Å²) in [6.07, 6.45) is 2.48. The Morgan fingerprint density at radius 1 is 1.33 bits per heavy atom. The van der Waals surface area contributed by atoms with E-state index in [0.29, 0.717) is 17.9 Å². The van der Waals surface area contributed by atoms with Crippen molar-refractivity contribution in [2.24, 2.45) is 5.16 Å². The number of nitrogen functional groups attached to an aromatic ring is 1. The number of carbonyl (C=O) groups is 3. The molecule has 0 unspecified atom stereocenters. The number of carboxylic acids is 1. The van der Waals surface area contributed by atoms with E-state index in [0.717, 1.165) is 17.8 Å². The van der Waals surface area contributed by atoms with Crippen molar-refractivity contribution >= 4 is 50.4 Å². The number of hydroxylamine groups is 2. The molecule has 2 amide bonds. The summed E-state index contributed by atoms with van der Waals surface area (Å²) in [5.74, 6) is -3.09. The summed E-state index contributed by atoms with van der Waals surface area (Å²) in [5, 5.41) is 17.8. The molecule has 1 aromatic rings. The van der Waals surface area contributed by atoms with E-state index in [1.54, 1.807) is 0 Å². The zero-order valence-electron chi connectivity index (χ0n) is 17.7. The quantitative estimate of drug-likeness (QED) is 0.161. The lowest BCUT2D eigenvalue weighted by Gasteiger charge is -2.50. The van der Waals surface area contributed by atoms with Gasteiger partial charge in [-0.2, -0.15) is 13.5 Å². The molecule has 0 radical (unpaired) electrons. The number of aliphatic carboxylic acids is 1. The van der Waals surface area contributed by atoms with Gasteiger partial charge in [-0.3, -0.25) is 14.1 Å². The molecule has 1 aliphatic carbocycles. The Kier molecular flexibility index (Phi) is 6.65. The minimum atomic E-state index is -4.96. The number of hydrogen-bond donors (Lipinski definition) is 4. The monoisotopic (exact) mass is 505 g/mol. The molecule has 2 fully saturated rings. The predicted octanol–water partition coefficient (Wildman–Crippen LogP) is 0.0735. The Bertz CT molecular complexity index is 1090. The lowest BCUT2D eigenvalue weighted by Crippen LogP contribution is -2.76. The van der Waals surface area contributed by atoms with Gasteiger partial charge in [0.15, 0.2) is 10.8 Å². The van der Waals surface area contributed by atoms with Gasteiger partial charge >= 0.3 is 16.4 Å². The second-order valence-electron chi connectivity index (χ2n) is 8.16. The van der Waals surface area contributed by atoms with Crippen LogP contribution in [0.2, 0.25) is 0 Å². The van der Waals surface area contributed by atoms with Crippen LogP contribution in [-0.2, 0) is 33.9 Å². The molecule has 3 rings (SSSR count). The summed E-state index contributed by atoms with van der Waals surface area (Å²) in [6.45, 7) is 2.78. The summed E-state index contributed by atoms with van der Waals surface area (Å²) in [6, 6.07) is -1.25. The van der Waals surface area contributed by atoms with Gasteiger partial charge in [0, 0.05) is 18.2 Å². The van der Waals surface area contributed by atoms with Gasteiger partial charge in [-0.05, 0) is 26.7 Å². The molecule has 0 bridgehead atoms. The van der Waals surface area contributed by atoms with E-state index >= 15 is 0 Å². The Labute approximate surface area is 192 Å². The normalized spacial score (nSPS) is 22.4. The molecule has 1 saturated carbocycles. The maximum atomic E-state index is 13.0. The van der Waals surface area contributed by atoms with Crippen LogP contribution in [-0.4, -0.2) is 68.8 Å². The number of anilines is 1. The summed E-state index contributed by atoms with van der Waals surface area (Å²) < 4.78 is 35.0. The molecule has 1 saturated heterocycles. The minimum Gasteiger partial charge on any atom is -0.478 e. The Hall–Kier alpha value is -2.82. The third-order valence-corrected chi connectivity index (χ3v) is 6.47. The molecular formula is C17H23N5O9S2. The molecule has 33 heavy (non-hydrogen) atoms. The lowest BCUT2D eigenvalue weighted by molar-refractivity contribution is -0.218. The van der Waals surface area contributed by atoms with E-state index in [9.17, 15) is 27.9 Å². The van der Waals surface area contributed by atoms with Crippen molar-refractivity contribution < 1.29 is 41.6 Å². The predicted molar refractivity (Wildman–Crippen MR) is 113 cm³/mol. The average Bonchev–Trinajstić information content (AvgIpc) is 3.16. The smallest absolute Gasteiger partial charge is 0.418 e. The third-order valence-electron chi connectivity index (χ3n) is 5.46. The molecule has 0 aromatic carbocycles. The highest BCUT2D eigenvalue weighted by atomic mass is 32.3. The number of nitrogens with zero attached hydrogens (tertiary/aromatic N) is 3. The van der Waals surface area contributed by atoms with Gasteiger partial charge in [-0.1, -0.05) is 11.6 Å². The molecule has 16 heteroatoms. The first-order valence-corrected chi connectivity index (χ1v) is 12.0. The van der Waals surface area contributed by atoms with Crippen LogP contribution in [0.25, 0.3) is 0 Å². The first-order valence-electron chi connectivity index (χ1n) is 9.80. The third kappa shape index (κ3) is 5.07. The van der Waals surface area contributed by atoms with Crippen LogP contribution < -0.4 is 11.1 Å². The number of nitrogens with two attached hydrogens (primary N) is 1. The van der Waals surface area contributed by atoms with E-state index in [4.69, 9.17) is 15.1 Å². The second kappa shape index (κ2) is 8.85. The summed E-state index contributed by atoms with van der Waals surface area (Å²) in [4.78, 5) is 46.6. The topological polar surface area (TPSA) is 211 Å². The fourth-order valence-electron chi connectivity index (χ4n) is 3.62. The van der Waals surface area contributed by atoms with Gasteiger partial charge in [0.2, 0.25) is 5.60 Å². The highest BCUT2D eigenvalue weighted by Gasteiger charge is 2.58. The van der Waals surface area contributed by atoms with Crippen LogP contribution >= 0.6 is 11.3 Å². The number of amides is 2. The van der Waals surface area contributed by atoms with Gasteiger partial charge < -0.3 is 21.0 Å². The van der Waals surface area contributed by atoms with Crippen LogP contribution in [0.15, 0.2) is 10.5 Å². The molecule has 182 valence electrons. The van der Waals surface area contributed by atoms with Gasteiger partial charge in [0.25, 0.3) is 11.8 Å². The Morgan fingerprint density at radius 2 is 1.97 bits per heavy atom. The van der Waals surface area contributed by atoms with Crippen molar-refractivity contribution in [3.63, 3.8) is 0 Å².